The number of rotatable bonds is 5. The third kappa shape index (κ3) is 3.37. The van der Waals surface area contributed by atoms with Crippen LogP contribution in [0.3, 0.4) is 0 Å². The van der Waals surface area contributed by atoms with E-state index in [1.54, 1.807) is 13.0 Å². The van der Waals surface area contributed by atoms with E-state index in [4.69, 9.17) is 11.6 Å². The maximum Gasteiger partial charge on any atom is 0.159 e. The van der Waals surface area contributed by atoms with Crippen LogP contribution in [0.15, 0.2) is 30.5 Å². The van der Waals surface area contributed by atoms with Crippen molar-refractivity contribution in [1.29, 1.82) is 0 Å². The van der Waals surface area contributed by atoms with Gasteiger partial charge >= 0.3 is 0 Å². The summed E-state index contributed by atoms with van der Waals surface area (Å²) in [6.45, 7) is 5.11. The highest BCUT2D eigenvalue weighted by Gasteiger charge is 2.22. The fourth-order valence-corrected chi connectivity index (χ4v) is 3.23. The summed E-state index contributed by atoms with van der Waals surface area (Å²) in [5.41, 5.74) is 4.14. The van der Waals surface area contributed by atoms with Crippen molar-refractivity contribution in [3.05, 3.63) is 58.7 Å². The number of hydrogen-bond donors (Lipinski definition) is 1. The van der Waals surface area contributed by atoms with Gasteiger partial charge in [0, 0.05) is 29.6 Å². The first-order valence-electron chi connectivity index (χ1n) is 8.35. The predicted molar refractivity (Wildman–Crippen MR) is 100 cm³/mol. The van der Waals surface area contributed by atoms with Gasteiger partial charge in [-0.3, -0.25) is 4.79 Å². The molecular weight excluding hydrogens is 355 g/mol. The molecule has 0 bridgehead atoms. The van der Waals surface area contributed by atoms with Crippen molar-refractivity contribution in [1.82, 2.24) is 9.38 Å². The molecule has 0 aliphatic rings. The summed E-state index contributed by atoms with van der Waals surface area (Å²) in [5.74, 6) is -0.623. The zero-order valence-electron chi connectivity index (χ0n) is 14.9. The van der Waals surface area contributed by atoms with Crippen LogP contribution in [0.4, 0.5) is 4.39 Å². The van der Waals surface area contributed by atoms with E-state index in [1.165, 1.54) is 13.0 Å². The Labute approximate surface area is 156 Å². The Balaban J connectivity index is 2.27. The fourth-order valence-electron chi connectivity index (χ4n) is 3.12. The third-order valence-corrected chi connectivity index (χ3v) is 4.77. The second-order valence-electron chi connectivity index (χ2n) is 6.56. The summed E-state index contributed by atoms with van der Waals surface area (Å²) in [4.78, 5) is 16.2. The molecule has 0 amide bonds. The molecule has 0 spiro atoms. The minimum atomic E-state index is -0.767. The lowest BCUT2D eigenvalue weighted by atomic mass is 9.98. The smallest absolute Gasteiger partial charge is 0.159 e. The molecule has 0 fully saturated rings. The number of carbonyl (C=O) groups excluding carboxylic acids is 1. The number of pyridine rings is 1. The van der Waals surface area contributed by atoms with Crippen molar-refractivity contribution in [2.24, 2.45) is 0 Å². The van der Waals surface area contributed by atoms with Crippen LogP contribution < -0.4 is 0 Å². The second kappa shape index (κ2) is 7.17. The van der Waals surface area contributed by atoms with E-state index >= 15 is 0 Å². The monoisotopic (exact) mass is 374 g/mol. The standard InChI is InChI=1S/C20H20ClFN2O2/c1-11-4-5-24-17(9-15(26)10-21)20(23-18(24)6-11)19-12(2)7-14(13(3)25)8-16(19)22/h4-8,15,26H,9-10H2,1-3H3. The first kappa shape index (κ1) is 18.5. The number of alkyl halides is 1. The van der Waals surface area contributed by atoms with Crippen LogP contribution >= 0.6 is 11.6 Å². The molecule has 0 aliphatic heterocycles. The summed E-state index contributed by atoms with van der Waals surface area (Å²) in [6, 6.07) is 6.73. The highest BCUT2D eigenvalue weighted by atomic mass is 35.5. The number of ketones is 1. The van der Waals surface area contributed by atoms with E-state index in [1.807, 2.05) is 29.7 Å². The Morgan fingerprint density at radius 2 is 2.08 bits per heavy atom. The molecule has 3 aromatic rings. The highest BCUT2D eigenvalue weighted by Crippen LogP contribution is 2.32. The number of Topliss-reactive ketones (excluding diaryl/α,β-unsaturated/α-hetero) is 1. The van der Waals surface area contributed by atoms with E-state index in [9.17, 15) is 14.3 Å². The number of aromatic nitrogens is 2. The van der Waals surface area contributed by atoms with Gasteiger partial charge in [0.1, 0.15) is 11.5 Å². The molecule has 26 heavy (non-hydrogen) atoms. The van der Waals surface area contributed by atoms with Gasteiger partial charge < -0.3 is 9.51 Å². The third-order valence-electron chi connectivity index (χ3n) is 4.42. The molecule has 6 heteroatoms. The van der Waals surface area contributed by atoms with Crippen molar-refractivity contribution in [2.75, 3.05) is 5.88 Å². The molecule has 0 aliphatic carbocycles. The number of halogens is 2. The molecule has 1 aromatic carbocycles. The maximum absolute atomic E-state index is 14.9. The van der Waals surface area contributed by atoms with Crippen molar-refractivity contribution in [3.63, 3.8) is 0 Å². The predicted octanol–water partition coefficient (Wildman–Crippen LogP) is 4.10. The minimum Gasteiger partial charge on any atom is -0.391 e. The quantitative estimate of drug-likeness (QED) is 0.540. The van der Waals surface area contributed by atoms with Gasteiger partial charge in [-0.25, -0.2) is 9.37 Å². The molecule has 1 atom stereocenters. The highest BCUT2D eigenvalue weighted by molar-refractivity contribution is 6.18. The SMILES string of the molecule is CC(=O)c1cc(C)c(-c2nc3cc(C)ccn3c2CC(O)CCl)c(F)c1. The number of aliphatic hydroxyl groups is 1. The lowest BCUT2D eigenvalue weighted by molar-refractivity contribution is 0.101. The molecule has 0 saturated carbocycles. The minimum absolute atomic E-state index is 0.0727. The molecule has 0 radical (unpaired) electrons. The van der Waals surface area contributed by atoms with Gasteiger partial charge in [0.15, 0.2) is 5.78 Å². The van der Waals surface area contributed by atoms with Crippen molar-refractivity contribution in [3.8, 4) is 11.3 Å². The molecule has 0 saturated heterocycles. The van der Waals surface area contributed by atoms with E-state index in [0.29, 0.717) is 33.7 Å². The molecule has 1 unspecified atom stereocenters. The maximum atomic E-state index is 14.9. The number of carbonyl (C=O) groups is 1. The van der Waals surface area contributed by atoms with Gasteiger partial charge in [0.25, 0.3) is 0 Å². The Kier molecular flexibility index (Phi) is 5.12. The van der Waals surface area contributed by atoms with E-state index in [0.717, 1.165) is 5.56 Å². The van der Waals surface area contributed by atoms with Gasteiger partial charge in [-0.2, -0.15) is 0 Å². The van der Waals surface area contributed by atoms with Gasteiger partial charge in [-0.1, -0.05) is 0 Å². The number of fused-ring (bicyclic) bond motifs is 1. The van der Waals surface area contributed by atoms with Crippen LogP contribution in [-0.2, 0) is 6.42 Å². The Morgan fingerprint density at radius 3 is 2.69 bits per heavy atom. The lowest BCUT2D eigenvalue weighted by Gasteiger charge is -2.12. The van der Waals surface area contributed by atoms with Crippen LogP contribution in [0.25, 0.3) is 16.9 Å². The zero-order chi connectivity index (χ0) is 19.0. The number of benzene rings is 1. The van der Waals surface area contributed by atoms with Crippen LogP contribution in [0.1, 0.15) is 34.1 Å². The van der Waals surface area contributed by atoms with Crippen molar-refractivity contribution < 1.29 is 14.3 Å². The van der Waals surface area contributed by atoms with Gasteiger partial charge in [-0.15, -0.1) is 11.6 Å². The van der Waals surface area contributed by atoms with E-state index in [-0.39, 0.29) is 18.1 Å². The molecule has 136 valence electrons. The summed E-state index contributed by atoms with van der Waals surface area (Å²) in [7, 11) is 0. The first-order chi connectivity index (χ1) is 12.3. The summed E-state index contributed by atoms with van der Waals surface area (Å²) in [5, 5.41) is 10.1. The lowest BCUT2D eigenvalue weighted by Crippen LogP contribution is -2.14. The number of aryl methyl sites for hydroxylation is 2. The largest absolute Gasteiger partial charge is 0.391 e. The normalized spacial score (nSPS) is 12.5. The van der Waals surface area contributed by atoms with Crippen molar-refractivity contribution >= 4 is 23.0 Å². The Hall–Kier alpha value is -2.24. The number of nitrogens with zero attached hydrogens (tertiary/aromatic N) is 2. The van der Waals surface area contributed by atoms with Crippen LogP contribution in [0.5, 0.6) is 0 Å². The molecule has 1 N–H and O–H groups in total. The Morgan fingerprint density at radius 1 is 1.35 bits per heavy atom. The number of hydrogen-bond acceptors (Lipinski definition) is 3. The second-order valence-corrected chi connectivity index (χ2v) is 6.87. The van der Waals surface area contributed by atoms with Crippen LogP contribution in [0, 0.1) is 19.7 Å². The first-order valence-corrected chi connectivity index (χ1v) is 8.88. The van der Waals surface area contributed by atoms with Crippen LogP contribution in [-0.4, -0.2) is 32.3 Å². The number of aliphatic hydroxyl groups excluding tert-OH is 1. The average molecular weight is 375 g/mol. The van der Waals surface area contributed by atoms with E-state index < -0.39 is 11.9 Å². The zero-order valence-corrected chi connectivity index (χ0v) is 15.6. The van der Waals surface area contributed by atoms with Gasteiger partial charge in [-0.05, 0) is 56.2 Å². The van der Waals surface area contributed by atoms with Crippen molar-refractivity contribution in [2.45, 2.75) is 33.3 Å². The molecule has 3 rings (SSSR count). The topological polar surface area (TPSA) is 54.6 Å². The summed E-state index contributed by atoms with van der Waals surface area (Å²) < 4.78 is 16.7. The summed E-state index contributed by atoms with van der Waals surface area (Å²) >= 11 is 5.77. The van der Waals surface area contributed by atoms with Crippen LogP contribution in [0.2, 0.25) is 0 Å². The summed E-state index contributed by atoms with van der Waals surface area (Å²) in [6.07, 6.45) is 1.34. The van der Waals surface area contributed by atoms with Gasteiger partial charge in [0.05, 0.1) is 17.5 Å². The number of imidazole rings is 1. The average Bonchev–Trinajstić information content (AvgIpc) is 2.91. The fraction of sp³-hybridized carbons (Fsp3) is 0.300. The molecule has 4 nitrogen and oxygen atoms in total. The molecule has 2 heterocycles. The van der Waals surface area contributed by atoms with E-state index in [2.05, 4.69) is 4.98 Å². The molecular formula is C20H20ClFN2O2. The molecule has 2 aromatic heterocycles. The van der Waals surface area contributed by atoms with Gasteiger partial charge in [0.2, 0.25) is 0 Å². The Bertz CT molecular complexity index is 974.